The zero-order valence-electron chi connectivity index (χ0n) is 13.4. The second-order valence-electron chi connectivity index (χ2n) is 7.11. The molecule has 1 aliphatic rings. The van der Waals surface area contributed by atoms with Crippen molar-refractivity contribution in [2.45, 2.75) is 70.8 Å². The molecule has 1 N–H and O–H groups in total. The second kappa shape index (κ2) is 6.75. The van der Waals surface area contributed by atoms with Crippen LogP contribution in [0.4, 0.5) is 0 Å². The molecule has 4 nitrogen and oxygen atoms in total. The van der Waals surface area contributed by atoms with E-state index in [1.54, 1.807) is 0 Å². The van der Waals surface area contributed by atoms with E-state index >= 15 is 0 Å². The molecule has 1 rings (SSSR count). The first-order valence-electron chi connectivity index (χ1n) is 7.56. The summed E-state index contributed by atoms with van der Waals surface area (Å²) in [6.45, 7) is 8.63. The summed E-state index contributed by atoms with van der Waals surface area (Å²) < 4.78 is 29.2. The van der Waals surface area contributed by atoms with Crippen LogP contribution in [0.3, 0.4) is 0 Å². The molecule has 5 heteroatoms. The maximum absolute atomic E-state index is 11.7. The molecule has 0 spiro atoms. The van der Waals surface area contributed by atoms with Crippen LogP contribution in [0.5, 0.6) is 0 Å². The van der Waals surface area contributed by atoms with E-state index < -0.39 is 15.9 Å². The Morgan fingerprint density at radius 1 is 1.30 bits per heavy atom. The summed E-state index contributed by atoms with van der Waals surface area (Å²) in [5, 5.41) is 10.4. The summed E-state index contributed by atoms with van der Waals surface area (Å²) in [6.07, 6.45) is 3.47. The molecule has 4 unspecified atom stereocenters. The first-order chi connectivity index (χ1) is 9.07. The predicted molar refractivity (Wildman–Crippen MR) is 81.5 cm³/mol. The lowest BCUT2D eigenvalue weighted by molar-refractivity contribution is -0.112. The van der Waals surface area contributed by atoms with Crippen molar-refractivity contribution in [2.75, 3.05) is 12.9 Å². The van der Waals surface area contributed by atoms with Gasteiger partial charge in [-0.2, -0.15) is 0 Å². The molecular formula is C15H30O4S. The number of sulfone groups is 1. The molecule has 120 valence electrons. The molecule has 0 aromatic heterocycles. The molecule has 4 atom stereocenters. The van der Waals surface area contributed by atoms with E-state index in [1.807, 2.05) is 27.7 Å². The third kappa shape index (κ3) is 4.71. The summed E-state index contributed by atoms with van der Waals surface area (Å²) >= 11 is 0. The Hall–Kier alpha value is -0.130. The first kappa shape index (κ1) is 17.9. The van der Waals surface area contributed by atoms with Crippen LogP contribution in [0, 0.1) is 11.3 Å². The number of hydrogen-bond donors (Lipinski definition) is 1. The topological polar surface area (TPSA) is 63.6 Å². The van der Waals surface area contributed by atoms with Gasteiger partial charge in [-0.15, -0.1) is 0 Å². The highest BCUT2D eigenvalue weighted by atomic mass is 32.2. The van der Waals surface area contributed by atoms with Crippen LogP contribution in [0.25, 0.3) is 0 Å². The molecule has 0 bridgehead atoms. The summed E-state index contributed by atoms with van der Waals surface area (Å²) in [5.41, 5.74) is -0.159. The van der Waals surface area contributed by atoms with Gasteiger partial charge in [0.15, 0.2) is 0 Å². The van der Waals surface area contributed by atoms with Crippen LogP contribution in [-0.2, 0) is 14.6 Å². The zero-order chi connectivity index (χ0) is 15.6. The van der Waals surface area contributed by atoms with Crippen LogP contribution in [-0.4, -0.2) is 43.8 Å². The van der Waals surface area contributed by atoms with E-state index in [0.717, 1.165) is 19.3 Å². The van der Waals surface area contributed by atoms with Crippen molar-refractivity contribution < 1.29 is 18.3 Å². The monoisotopic (exact) mass is 306 g/mol. The molecule has 0 saturated heterocycles. The second-order valence-corrected chi connectivity index (χ2v) is 9.44. The van der Waals surface area contributed by atoms with Gasteiger partial charge in [-0.25, -0.2) is 8.42 Å². The third-order valence-electron chi connectivity index (χ3n) is 4.27. The fourth-order valence-corrected chi connectivity index (χ4v) is 4.36. The first-order valence-corrected chi connectivity index (χ1v) is 9.51. The molecule has 0 radical (unpaired) electrons. The molecule has 1 aliphatic carbocycles. The molecule has 1 fully saturated rings. The van der Waals surface area contributed by atoms with Crippen molar-refractivity contribution in [3.63, 3.8) is 0 Å². The fraction of sp³-hybridized carbons (Fsp3) is 1.00. The van der Waals surface area contributed by atoms with Gasteiger partial charge in [-0.1, -0.05) is 27.2 Å². The Bertz CT molecular complexity index is 397. The number of aliphatic hydroxyl groups excluding tert-OH is 1. The summed E-state index contributed by atoms with van der Waals surface area (Å²) in [5.74, 6) is 0.0132. The fourth-order valence-electron chi connectivity index (χ4n) is 3.17. The van der Waals surface area contributed by atoms with Crippen molar-refractivity contribution in [1.29, 1.82) is 0 Å². The lowest BCUT2D eigenvalue weighted by Crippen LogP contribution is -2.46. The van der Waals surface area contributed by atoms with Gasteiger partial charge in [0.05, 0.1) is 17.5 Å². The van der Waals surface area contributed by atoms with Crippen LogP contribution in [0.2, 0.25) is 0 Å². The molecule has 0 aromatic carbocycles. The minimum absolute atomic E-state index is 0.0132. The number of hydrogen-bond acceptors (Lipinski definition) is 4. The lowest BCUT2D eigenvalue weighted by Gasteiger charge is -2.40. The summed E-state index contributed by atoms with van der Waals surface area (Å²) in [7, 11) is -3.02. The highest BCUT2D eigenvalue weighted by Gasteiger charge is 2.40. The minimum atomic E-state index is -3.02. The van der Waals surface area contributed by atoms with Crippen molar-refractivity contribution >= 4 is 9.84 Å². The number of rotatable bonds is 5. The van der Waals surface area contributed by atoms with Gasteiger partial charge in [-0.3, -0.25) is 0 Å². The van der Waals surface area contributed by atoms with Crippen molar-refractivity contribution in [3.8, 4) is 0 Å². The van der Waals surface area contributed by atoms with Gasteiger partial charge < -0.3 is 9.84 Å². The minimum Gasteiger partial charge on any atom is -0.390 e. The van der Waals surface area contributed by atoms with Gasteiger partial charge in [0.25, 0.3) is 0 Å². The van der Waals surface area contributed by atoms with Crippen molar-refractivity contribution in [3.05, 3.63) is 0 Å². The van der Waals surface area contributed by atoms with Crippen LogP contribution in [0.15, 0.2) is 0 Å². The molecule has 0 heterocycles. The van der Waals surface area contributed by atoms with E-state index in [0.29, 0.717) is 13.0 Å². The smallest absolute Gasteiger partial charge is 0.150 e. The molecule has 0 aliphatic heterocycles. The van der Waals surface area contributed by atoms with E-state index in [-0.39, 0.29) is 22.7 Å². The third-order valence-corrected chi connectivity index (χ3v) is 5.90. The molecular weight excluding hydrogens is 276 g/mol. The summed E-state index contributed by atoms with van der Waals surface area (Å²) in [4.78, 5) is 0. The van der Waals surface area contributed by atoms with Gasteiger partial charge >= 0.3 is 0 Å². The van der Waals surface area contributed by atoms with E-state index in [1.165, 1.54) is 6.26 Å². The van der Waals surface area contributed by atoms with Gasteiger partial charge in [0.2, 0.25) is 0 Å². The predicted octanol–water partition coefficient (Wildman–Crippen LogP) is 2.40. The SMILES string of the molecule is CCOC(C(O)C1CCCC(S(C)(=O)=O)C1)C(C)(C)C. The highest BCUT2D eigenvalue weighted by molar-refractivity contribution is 7.91. The van der Waals surface area contributed by atoms with Gasteiger partial charge in [0, 0.05) is 12.9 Å². The van der Waals surface area contributed by atoms with Crippen LogP contribution in [0.1, 0.15) is 53.4 Å². The highest BCUT2D eigenvalue weighted by Crippen LogP contribution is 2.36. The Kier molecular flexibility index (Phi) is 6.05. The quantitative estimate of drug-likeness (QED) is 0.847. The van der Waals surface area contributed by atoms with Crippen LogP contribution >= 0.6 is 0 Å². The standard InChI is InChI=1S/C15H30O4S/c1-6-19-14(15(2,3)4)13(16)11-8-7-9-12(10-11)20(5,17)18/h11-14,16H,6-10H2,1-5H3. The van der Waals surface area contributed by atoms with E-state index in [2.05, 4.69) is 0 Å². The molecule has 0 amide bonds. The molecule has 1 saturated carbocycles. The van der Waals surface area contributed by atoms with Gasteiger partial charge in [-0.05, 0) is 37.5 Å². The lowest BCUT2D eigenvalue weighted by atomic mass is 9.76. The number of ether oxygens (including phenoxy) is 1. The Morgan fingerprint density at radius 3 is 2.35 bits per heavy atom. The van der Waals surface area contributed by atoms with Gasteiger partial charge in [0.1, 0.15) is 9.84 Å². The maximum Gasteiger partial charge on any atom is 0.150 e. The zero-order valence-corrected chi connectivity index (χ0v) is 14.2. The maximum atomic E-state index is 11.7. The largest absolute Gasteiger partial charge is 0.390 e. The normalized spacial score (nSPS) is 28.1. The van der Waals surface area contributed by atoms with Crippen LogP contribution < -0.4 is 0 Å². The Morgan fingerprint density at radius 2 is 1.90 bits per heavy atom. The number of aliphatic hydroxyl groups is 1. The molecule has 20 heavy (non-hydrogen) atoms. The Balaban J connectivity index is 2.81. The Labute approximate surface area is 123 Å². The average Bonchev–Trinajstić information content (AvgIpc) is 2.33. The van der Waals surface area contributed by atoms with Crippen molar-refractivity contribution in [2.24, 2.45) is 11.3 Å². The summed E-state index contributed by atoms with van der Waals surface area (Å²) in [6, 6.07) is 0. The van der Waals surface area contributed by atoms with Crippen molar-refractivity contribution in [1.82, 2.24) is 0 Å². The molecule has 0 aromatic rings. The van der Waals surface area contributed by atoms with E-state index in [4.69, 9.17) is 4.74 Å². The van der Waals surface area contributed by atoms with E-state index in [9.17, 15) is 13.5 Å². The average molecular weight is 306 g/mol.